The van der Waals surface area contributed by atoms with E-state index >= 15 is 0 Å². The summed E-state index contributed by atoms with van der Waals surface area (Å²) in [6.07, 6.45) is 3.18. The first-order valence-corrected chi connectivity index (χ1v) is 6.18. The minimum absolute atomic E-state index is 0.149. The molecule has 0 aliphatic carbocycles. The van der Waals surface area contributed by atoms with Crippen molar-refractivity contribution in [2.24, 2.45) is 0 Å². The quantitative estimate of drug-likeness (QED) is 0.854. The molecule has 0 bridgehead atoms. The zero-order valence-corrected chi connectivity index (χ0v) is 11.3. The molecule has 1 amide bonds. The van der Waals surface area contributed by atoms with Gasteiger partial charge in [0.15, 0.2) is 0 Å². The number of furan rings is 1. The minimum atomic E-state index is -0.149. The number of nitrogens with one attached hydrogen (secondary N) is 1. The molecule has 2 aromatic rings. The van der Waals surface area contributed by atoms with Crippen molar-refractivity contribution < 1.29 is 9.21 Å². The Bertz CT molecular complexity index is 525. The van der Waals surface area contributed by atoms with Crippen molar-refractivity contribution in [3.05, 3.63) is 52.4 Å². The van der Waals surface area contributed by atoms with Crippen LogP contribution in [0.1, 0.15) is 15.9 Å². The second kappa shape index (κ2) is 5.42. The van der Waals surface area contributed by atoms with Gasteiger partial charge in [0.05, 0.1) is 18.1 Å². The molecule has 0 fully saturated rings. The topological polar surface area (TPSA) is 42.2 Å². The van der Waals surface area contributed by atoms with Gasteiger partial charge in [-0.15, -0.1) is 12.6 Å². The van der Waals surface area contributed by atoms with Crippen molar-refractivity contribution in [2.45, 2.75) is 11.4 Å². The maximum Gasteiger partial charge on any atom is 0.252 e. The van der Waals surface area contributed by atoms with Crippen molar-refractivity contribution in [3.63, 3.8) is 0 Å². The first kappa shape index (κ1) is 12.3. The van der Waals surface area contributed by atoms with E-state index in [0.717, 1.165) is 10.0 Å². The lowest BCUT2D eigenvalue weighted by atomic mass is 10.2. The highest BCUT2D eigenvalue weighted by molar-refractivity contribution is 9.10. The Balaban J connectivity index is 2.04. The summed E-state index contributed by atoms with van der Waals surface area (Å²) in [5.41, 5.74) is 1.48. The molecule has 1 N–H and O–H groups in total. The summed E-state index contributed by atoms with van der Waals surface area (Å²) in [4.78, 5) is 12.5. The van der Waals surface area contributed by atoms with Crippen LogP contribution >= 0.6 is 28.6 Å². The van der Waals surface area contributed by atoms with Crippen LogP contribution in [0.3, 0.4) is 0 Å². The zero-order chi connectivity index (χ0) is 12.3. The van der Waals surface area contributed by atoms with Gasteiger partial charge in [-0.3, -0.25) is 4.79 Å². The third-order valence-electron chi connectivity index (χ3n) is 2.24. The third-order valence-corrected chi connectivity index (χ3v) is 3.10. The average molecular weight is 312 g/mol. The zero-order valence-electron chi connectivity index (χ0n) is 8.81. The third kappa shape index (κ3) is 3.14. The van der Waals surface area contributed by atoms with Crippen molar-refractivity contribution >= 4 is 34.5 Å². The molecule has 0 saturated heterocycles. The van der Waals surface area contributed by atoms with E-state index in [0.29, 0.717) is 17.0 Å². The molecular formula is C12H10BrNO2S. The average Bonchev–Trinajstić information content (AvgIpc) is 2.78. The smallest absolute Gasteiger partial charge is 0.252 e. The van der Waals surface area contributed by atoms with E-state index in [1.165, 1.54) is 0 Å². The Kier molecular flexibility index (Phi) is 3.91. The van der Waals surface area contributed by atoms with Gasteiger partial charge in [-0.25, -0.2) is 0 Å². The normalized spacial score (nSPS) is 10.2. The summed E-state index contributed by atoms with van der Waals surface area (Å²) < 4.78 is 5.82. The highest BCUT2D eigenvalue weighted by Crippen LogP contribution is 2.19. The summed E-state index contributed by atoms with van der Waals surface area (Å²) >= 11 is 7.59. The van der Waals surface area contributed by atoms with Crippen molar-refractivity contribution in [1.82, 2.24) is 5.32 Å². The summed E-state index contributed by atoms with van der Waals surface area (Å²) in [6, 6.07) is 7.14. The van der Waals surface area contributed by atoms with Crippen LogP contribution < -0.4 is 5.32 Å². The van der Waals surface area contributed by atoms with Gasteiger partial charge in [0.1, 0.15) is 0 Å². The fourth-order valence-corrected chi connectivity index (χ4v) is 2.22. The van der Waals surface area contributed by atoms with E-state index in [9.17, 15) is 4.79 Å². The fourth-order valence-electron chi connectivity index (χ4n) is 1.37. The molecule has 2 rings (SSSR count). The van der Waals surface area contributed by atoms with Gasteiger partial charge in [-0.1, -0.05) is 15.9 Å². The molecule has 88 valence electrons. The Morgan fingerprint density at radius 1 is 1.41 bits per heavy atom. The Hall–Kier alpha value is -1.20. The summed E-state index contributed by atoms with van der Waals surface area (Å²) in [5.74, 6) is -0.149. The number of carbonyl (C=O) groups is 1. The largest absolute Gasteiger partial charge is 0.472 e. The van der Waals surface area contributed by atoms with Crippen LogP contribution in [0, 0.1) is 0 Å². The molecule has 0 aliphatic rings. The second-order valence-corrected chi connectivity index (χ2v) is 4.87. The van der Waals surface area contributed by atoms with E-state index in [1.807, 2.05) is 12.1 Å². The van der Waals surface area contributed by atoms with E-state index < -0.39 is 0 Å². The van der Waals surface area contributed by atoms with Crippen molar-refractivity contribution in [1.29, 1.82) is 0 Å². The molecule has 3 nitrogen and oxygen atoms in total. The predicted octanol–water partition coefficient (Wildman–Crippen LogP) is 3.26. The number of carbonyl (C=O) groups excluding carboxylic acids is 1. The molecular weight excluding hydrogens is 302 g/mol. The highest BCUT2D eigenvalue weighted by Gasteiger charge is 2.09. The summed E-state index contributed by atoms with van der Waals surface area (Å²) in [5, 5.41) is 2.80. The van der Waals surface area contributed by atoms with Crippen LogP contribution in [-0.2, 0) is 6.54 Å². The van der Waals surface area contributed by atoms with Gasteiger partial charge in [-0.05, 0) is 24.3 Å². The standard InChI is InChI=1S/C12H10BrNO2S/c13-9-1-2-10(11(17)5-9)12(15)14-6-8-3-4-16-7-8/h1-5,7,17H,6H2,(H,14,15). The van der Waals surface area contributed by atoms with E-state index in [-0.39, 0.29) is 5.91 Å². The van der Waals surface area contributed by atoms with E-state index in [4.69, 9.17) is 4.42 Å². The Labute approximate surface area is 113 Å². The number of hydrogen-bond donors (Lipinski definition) is 2. The van der Waals surface area contributed by atoms with Gasteiger partial charge in [0, 0.05) is 21.5 Å². The van der Waals surface area contributed by atoms with Crippen LogP contribution in [0.5, 0.6) is 0 Å². The first-order valence-electron chi connectivity index (χ1n) is 4.94. The van der Waals surface area contributed by atoms with Gasteiger partial charge < -0.3 is 9.73 Å². The molecule has 0 saturated carbocycles. The number of benzene rings is 1. The number of thiol groups is 1. The summed E-state index contributed by atoms with van der Waals surface area (Å²) in [6.45, 7) is 0.443. The van der Waals surface area contributed by atoms with Crippen LogP contribution in [0.25, 0.3) is 0 Å². The molecule has 0 spiro atoms. The number of halogens is 1. The summed E-state index contributed by atoms with van der Waals surface area (Å²) in [7, 11) is 0. The molecule has 1 aromatic heterocycles. The van der Waals surface area contributed by atoms with E-state index in [2.05, 4.69) is 33.9 Å². The lowest BCUT2D eigenvalue weighted by molar-refractivity contribution is 0.0948. The monoisotopic (exact) mass is 311 g/mol. The molecule has 1 heterocycles. The van der Waals surface area contributed by atoms with Gasteiger partial charge >= 0.3 is 0 Å². The Morgan fingerprint density at radius 2 is 2.24 bits per heavy atom. The fraction of sp³-hybridized carbons (Fsp3) is 0.0833. The molecule has 0 atom stereocenters. The Morgan fingerprint density at radius 3 is 2.88 bits per heavy atom. The van der Waals surface area contributed by atoms with Crippen LogP contribution in [0.2, 0.25) is 0 Å². The lowest BCUT2D eigenvalue weighted by Crippen LogP contribution is -2.22. The first-order chi connectivity index (χ1) is 8.16. The second-order valence-electron chi connectivity index (χ2n) is 3.48. The van der Waals surface area contributed by atoms with Crippen molar-refractivity contribution in [2.75, 3.05) is 0 Å². The van der Waals surface area contributed by atoms with E-state index in [1.54, 1.807) is 24.7 Å². The highest BCUT2D eigenvalue weighted by atomic mass is 79.9. The molecule has 5 heteroatoms. The molecule has 17 heavy (non-hydrogen) atoms. The minimum Gasteiger partial charge on any atom is -0.472 e. The molecule has 0 aliphatic heterocycles. The SMILES string of the molecule is O=C(NCc1ccoc1)c1ccc(Br)cc1S. The van der Waals surface area contributed by atoms with Crippen LogP contribution in [0.4, 0.5) is 0 Å². The van der Waals surface area contributed by atoms with Gasteiger partial charge in [0.2, 0.25) is 0 Å². The maximum atomic E-state index is 11.9. The molecule has 0 unspecified atom stereocenters. The van der Waals surface area contributed by atoms with Crippen LogP contribution in [0.15, 0.2) is 50.6 Å². The number of amides is 1. The maximum absolute atomic E-state index is 11.9. The lowest BCUT2D eigenvalue weighted by Gasteiger charge is -2.06. The van der Waals surface area contributed by atoms with Gasteiger partial charge in [-0.2, -0.15) is 0 Å². The van der Waals surface area contributed by atoms with Gasteiger partial charge in [0.25, 0.3) is 5.91 Å². The predicted molar refractivity (Wildman–Crippen MR) is 71.3 cm³/mol. The number of rotatable bonds is 3. The van der Waals surface area contributed by atoms with Crippen LogP contribution in [-0.4, -0.2) is 5.91 Å². The molecule has 1 aromatic carbocycles. The molecule has 0 radical (unpaired) electrons. The van der Waals surface area contributed by atoms with Crippen molar-refractivity contribution in [3.8, 4) is 0 Å². The number of hydrogen-bond acceptors (Lipinski definition) is 3.